The second-order valence-corrected chi connectivity index (χ2v) is 3.56. The maximum absolute atomic E-state index is 10.5. The Kier molecular flexibility index (Phi) is 3.53. The van der Waals surface area contributed by atoms with E-state index < -0.39 is 0 Å². The van der Waals surface area contributed by atoms with Crippen LogP contribution in [-0.4, -0.2) is 25.0 Å². The van der Waals surface area contributed by atoms with Gasteiger partial charge in [0.25, 0.3) is 0 Å². The lowest BCUT2D eigenvalue weighted by atomic mass is 10.2. The Morgan fingerprint density at radius 2 is 2.17 bits per heavy atom. The van der Waals surface area contributed by atoms with Crippen molar-refractivity contribution in [2.75, 3.05) is 13.1 Å². The predicted molar refractivity (Wildman–Crippen MR) is 48.9 cm³/mol. The minimum absolute atomic E-state index is 0.0517. The van der Waals surface area contributed by atoms with Crippen LogP contribution in [0.4, 0.5) is 0 Å². The van der Waals surface area contributed by atoms with E-state index in [1.807, 2.05) is 0 Å². The number of carbonyl (C=O) groups excluding carboxylic acids is 1. The predicted octanol–water partition coefficient (Wildman–Crippen LogP) is 0.511. The van der Waals surface area contributed by atoms with Crippen LogP contribution in [0.15, 0.2) is 0 Å². The molecule has 12 heavy (non-hydrogen) atoms. The van der Waals surface area contributed by atoms with Gasteiger partial charge in [0.2, 0.25) is 5.91 Å². The minimum atomic E-state index is 0.0517. The molecule has 0 spiro atoms. The van der Waals surface area contributed by atoms with Crippen LogP contribution in [0.5, 0.6) is 0 Å². The number of hydrogen-bond donors (Lipinski definition) is 2. The molecule has 0 saturated heterocycles. The third-order valence-electron chi connectivity index (χ3n) is 2.29. The molecule has 0 aromatic heterocycles. The molecule has 0 aliphatic heterocycles. The average Bonchev–Trinajstić information content (AvgIpc) is 2.79. The van der Waals surface area contributed by atoms with Gasteiger partial charge in [-0.1, -0.05) is 0 Å². The van der Waals surface area contributed by atoms with Crippen molar-refractivity contribution >= 4 is 5.91 Å². The van der Waals surface area contributed by atoms with Gasteiger partial charge in [-0.25, -0.2) is 0 Å². The minimum Gasteiger partial charge on any atom is -0.355 e. The van der Waals surface area contributed by atoms with Gasteiger partial charge in [-0.2, -0.15) is 0 Å². The Hall–Kier alpha value is -0.570. The van der Waals surface area contributed by atoms with Crippen LogP contribution in [0.25, 0.3) is 0 Å². The van der Waals surface area contributed by atoms with Crippen molar-refractivity contribution in [3.05, 3.63) is 0 Å². The van der Waals surface area contributed by atoms with Crippen LogP contribution in [0.1, 0.15) is 26.7 Å². The summed E-state index contributed by atoms with van der Waals surface area (Å²) < 4.78 is 0. The van der Waals surface area contributed by atoms with Crippen LogP contribution in [0.2, 0.25) is 0 Å². The van der Waals surface area contributed by atoms with E-state index in [2.05, 4.69) is 17.6 Å². The fraction of sp³-hybridized carbons (Fsp3) is 0.889. The van der Waals surface area contributed by atoms with Gasteiger partial charge >= 0.3 is 0 Å². The summed E-state index contributed by atoms with van der Waals surface area (Å²) in [4.78, 5) is 10.5. The molecule has 3 nitrogen and oxygen atoms in total. The molecule has 1 fully saturated rings. The van der Waals surface area contributed by atoms with Crippen LogP contribution in [-0.2, 0) is 4.79 Å². The van der Waals surface area contributed by atoms with Crippen molar-refractivity contribution in [3.63, 3.8) is 0 Å². The summed E-state index contributed by atoms with van der Waals surface area (Å²) in [6.07, 6.45) is 2.74. The van der Waals surface area contributed by atoms with E-state index in [9.17, 15) is 4.79 Å². The summed E-state index contributed by atoms with van der Waals surface area (Å²) in [5, 5.41) is 6.14. The van der Waals surface area contributed by atoms with Gasteiger partial charge in [0, 0.05) is 26.1 Å². The summed E-state index contributed by atoms with van der Waals surface area (Å²) >= 11 is 0. The molecular weight excluding hydrogens is 152 g/mol. The summed E-state index contributed by atoms with van der Waals surface area (Å²) in [6.45, 7) is 5.39. The molecule has 0 heterocycles. The molecule has 0 bridgehead atoms. The van der Waals surface area contributed by atoms with E-state index in [0.717, 1.165) is 19.0 Å². The van der Waals surface area contributed by atoms with E-state index in [4.69, 9.17) is 0 Å². The van der Waals surface area contributed by atoms with Crippen LogP contribution in [0, 0.1) is 5.92 Å². The molecule has 70 valence electrons. The van der Waals surface area contributed by atoms with Gasteiger partial charge in [-0.3, -0.25) is 4.79 Å². The molecule has 1 amide bonds. The molecule has 1 saturated carbocycles. The Labute approximate surface area is 73.9 Å². The highest BCUT2D eigenvalue weighted by molar-refractivity contribution is 5.72. The highest BCUT2D eigenvalue weighted by Gasteiger charge is 2.26. The van der Waals surface area contributed by atoms with Gasteiger partial charge in [0.1, 0.15) is 0 Å². The molecule has 3 heteroatoms. The average molecular weight is 170 g/mol. The Morgan fingerprint density at radius 3 is 2.67 bits per heavy atom. The largest absolute Gasteiger partial charge is 0.355 e. The number of nitrogens with one attached hydrogen (secondary N) is 2. The monoisotopic (exact) mass is 170 g/mol. The van der Waals surface area contributed by atoms with Crippen molar-refractivity contribution in [1.82, 2.24) is 10.6 Å². The van der Waals surface area contributed by atoms with Crippen molar-refractivity contribution in [1.29, 1.82) is 0 Å². The number of rotatable bonds is 5. The molecular formula is C9H18N2O. The van der Waals surface area contributed by atoms with Crippen LogP contribution in [0.3, 0.4) is 0 Å². The Bertz CT molecular complexity index is 155. The first-order valence-corrected chi connectivity index (χ1v) is 4.68. The van der Waals surface area contributed by atoms with Crippen molar-refractivity contribution in [2.24, 2.45) is 5.92 Å². The highest BCUT2D eigenvalue weighted by Crippen LogP contribution is 2.32. The Morgan fingerprint density at radius 1 is 1.50 bits per heavy atom. The third-order valence-corrected chi connectivity index (χ3v) is 2.29. The first-order chi connectivity index (χ1) is 5.70. The lowest BCUT2D eigenvalue weighted by Crippen LogP contribution is -2.35. The first-order valence-electron chi connectivity index (χ1n) is 4.68. The van der Waals surface area contributed by atoms with E-state index in [-0.39, 0.29) is 5.91 Å². The van der Waals surface area contributed by atoms with E-state index in [1.54, 1.807) is 6.92 Å². The second kappa shape index (κ2) is 4.45. The van der Waals surface area contributed by atoms with E-state index in [1.165, 1.54) is 12.8 Å². The zero-order valence-electron chi connectivity index (χ0n) is 7.89. The topological polar surface area (TPSA) is 41.1 Å². The lowest BCUT2D eigenvalue weighted by Gasteiger charge is -2.12. The standard InChI is InChI=1S/C9H18N2O/c1-7(9-3-4-9)10-5-6-11-8(2)12/h7,9-10H,3-6H2,1-2H3,(H,11,12). The highest BCUT2D eigenvalue weighted by atomic mass is 16.1. The van der Waals surface area contributed by atoms with Crippen molar-refractivity contribution < 1.29 is 4.79 Å². The zero-order valence-corrected chi connectivity index (χ0v) is 7.89. The van der Waals surface area contributed by atoms with Crippen molar-refractivity contribution in [2.45, 2.75) is 32.7 Å². The van der Waals surface area contributed by atoms with Gasteiger partial charge in [-0.05, 0) is 25.7 Å². The molecule has 0 radical (unpaired) electrons. The van der Waals surface area contributed by atoms with E-state index in [0.29, 0.717) is 6.04 Å². The van der Waals surface area contributed by atoms with Gasteiger partial charge in [-0.15, -0.1) is 0 Å². The molecule has 1 atom stereocenters. The second-order valence-electron chi connectivity index (χ2n) is 3.56. The Balaban J connectivity index is 1.90. The van der Waals surface area contributed by atoms with E-state index >= 15 is 0 Å². The molecule has 1 rings (SSSR count). The van der Waals surface area contributed by atoms with Gasteiger partial charge in [0.05, 0.1) is 0 Å². The van der Waals surface area contributed by atoms with Crippen LogP contribution < -0.4 is 10.6 Å². The molecule has 0 aromatic rings. The zero-order chi connectivity index (χ0) is 8.97. The number of hydrogen-bond acceptors (Lipinski definition) is 2. The van der Waals surface area contributed by atoms with Gasteiger partial charge < -0.3 is 10.6 Å². The molecule has 1 aliphatic rings. The quantitative estimate of drug-likeness (QED) is 0.590. The summed E-state index contributed by atoms with van der Waals surface area (Å²) in [6, 6.07) is 0.624. The molecule has 1 unspecified atom stereocenters. The fourth-order valence-corrected chi connectivity index (χ4v) is 1.30. The molecule has 1 aliphatic carbocycles. The number of carbonyl (C=O) groups is 1. The summed E-state index contributed by atoms with van der Waals surface area (Å²) in [5.41, 5.74) is 0. The first kappa shape index (κ1) is 9.52. The van der Waals surface area contributed by atoms with Crippen molar-refractivity contribution in [3.8, 4) is 0 Å². The van der Waals surface area contributed by atoms with Gasteiger partial charge in [0.15, 0.2) is 0 Å². The molecule has 0 aromatic carbocycles. The van der Waals surface area contributed by atoms with Crippen LogP contribution >= 0.6 is 0 Å². The molecule has 2 N–H and O–H groups in total. The summed E-state index contributed by atoms with van der Waals surface area (Å²) in [5.74, 6) is 0.943. The maximum atomic E-state index is 10.5. The number of amides is 1. The maximum Gasteiger partial charge on any atom is 0.216 e. The summed E-state index contributed by atoms with van der Waals surface area (Å²) in [7, 11) is 0. The smallest absolute Gasteiger partial charge is 0.216 e. The third kappa shape index (κ3) is 3.72. The normalized spacial score (nSPS) is 18.8. The SMILES string of the molecule is CC(=O)NCCNC(C)C1CC1. The lowest BCUT2D eigenvalue weighted by molar-refractivity contribution is -0.118. The fourth-order valence-electron chi connectivity index (χ4n) is 1.30.